The Bertz CT molecular complexity index is 1050. The zero-order chi connectivity index (χ0) is 21.5. The highest BCUT2D eigenvalue weighted by molar-refractivity contribution is 5.90. The number of rotatable bonds is 6. The van der Waals surface area contributed by atoms with Crippen LogP contribution in [0, 0.1) is 0 Å². The van der Waals surface area contributed by atoms with Crippen molar-refractivity contribution in [1.29, 1.82) is 0 Å². The Morgan fingerprint density at radius 1 is 1.06 bits per heavy atom. The van der Waals surface area contributed by atoms with Crippen molar-refractivity contribution in [2.24, 2.45) is 0 Å². The molecule has 0 fully saturated rings. The monoisotopic (exact) mass is 412 g/mol. The van der Waals surface area contributed by atoms with Gasteiger partial charge in [0.15, 0.2) is 0 Å². The molecule has 1 atom stereocenters. The highest BCUT2D eigenvalue weighted by Gasteiger charge is 2.28. The van der Waals surface area contributed by atoms with Gasteiger partial charge < -0.3 is 15.0 Å². The molecule has 0 heterocycles. The Morgan fingerprint density at radius 3 is 2.71 bits per heavy atom. The van der Waals surface area contributed by atoms with Crippen LogP contribution in [0.15, 0.2) is 84.9 Å². The molecule has 158 valence electrons. The molecule has 4 nitrogen and oxygen atoms in total. The second kappa shape index (κ2) is 9.98. The van der Waals surface area contributed by atoms with Gasteiger partial charge in [-0.25, -0.2) is 4.79 Å². The maximum Gasteiger partial charge on any atom is 0.322 e. The second-order valence-corrected chi connectivity index (χ2v) is 7.73. The topological polar surface area (TPSA) is 41.6 Å². The molecule has 0 spiro atoms. The molecule has 0 saturated carbocycles. The normalized spacial score (nSPS) is 15.3. The first kappa shape index (κ1) is 20.7. The molecule has 1 aliphatic carbocycles. The summed E-state index contributed by atoms with van der Waals surface area (Å²) in [5.74, 6) is 0.719. The van der Waals surface area contributed by atoms with Gasteiger partial charge in [0.05, 0.1) is 13.2 Å². The minimum atomic E-state index is -0.104. The molecule has 31 heavy (non-hydrogen) atoms. The number of aryl methyl sites for hydroxylation is 1. The smallest absolute Gasteiger partial charge is 0.322 e. The molecule has 0 bridgehead atoms. The lowest BCUT2D eigenvalue weighted by molar-refractivity contribution is 0.188. The first-order valence-corrected chi connectivity index (χ1v) is 10.8. The number of anilines is 1. The van der Waals surface area contributed by atoms with Gasteiger partial charge in [0, 0.05) is 18.3 Å². The van der Waals surface area contributed by atoms with E-state index in [1.165, 1.54) is 11.1 Å². The highest BCUT2D eigenvalue weighted by atomic mass is 16.5. The minimum Gasteiger partial charge on any atom is -0.497 e. The fraction of sp³-hybridized carbons (Fsp3) is 0.222. The van der Waals surface area contributed by atoms with Crippen LogP contribution in [0.2, 0.25) is 0 Å². The summed E-state index contributed by atoms with van der Waals surface area (Å²) >= 11 is 0. The SMILES string of the molecule is COc1cccc(NC(=O)N(C/C=C/c2ccccc2)[C@@H]2CCCc3ccccc32)c1. The van der Waals surface area contributed by atoms with E-state index in [0.29, 0.717) is 6.54 Å². The maximum atomic E-state index is 13.4. The van der Waals surface area contributed by atoms with Crippen LogP contribution in [-0.4, -0.2) is 24.6 Å². The van der Waals surface area contributed by atoms with Gasteiger partial charge in [-0.15, -0.1) is 0 Å². The van der Waals surface area contributed by atoms with E-state index in [-0.39, 0.29) is 12.1 Å². The number of hydrogen-bond donors (Lipinski definition) is 1. The fourth-order valence-electron chi connectivity index (χ4n) is 4.17. The Balaban J connectivity index is 1.59. The molecular formula is C27H28N2O2. The van der Waals surface area contributed by atoms with E-state index >= 15 is 0 Å². The maximum absolute atomic E-state index is 13.4. The number of carbonyl (C=O) groups excluding carboxylic acids is 1. The highest BCUT2D eigenvalue weighted by Crippen LogP contribution is 2.34. The summed E-state index contributed by atoms with van der Waals surface area (Å²) in [4.78, 5) is 15.3. The minimum absolute atomic E-state index is 0.0518. The van der Waals surface area contributed by atoms with Crippen molar-refractivity contribution in [2.75, 3.05) is 19.0 Å². The van der Waals surface area contributed by atoms with E-state index in [1.54, 1.807) is 7.11 Å². The van der Waals surface area contributed by atoms with Crippen LogP contribution in [0.25, 0.3) is 6.08 Å². The van der Waals surface area contributed by atoms with E-state index in [4.69, 9.17) is 4.74 Å². The van der Waals surface area contributed by atoms with Crippen molar-refractivity contribution in [1.82, 2.24) is 4.90 Å². The van der Waals surface area contributed by atoms with E-state index in [2.05, 4.69) is 53.9 Å². The lowest BCUT2D eigenvalue weighted by atomic mass is 9.87. The average Bonchev–Trinajstić information content (AvgIpc) is 2.82. The van der Waals surface area contributed by atoms with Crippen LogP contribution in [0.4, 0.5) is 10.5 Å². The molecule has 4 rings (SSSR count). The van der Waals surface area contributed by atoms with Gasteiger partial charge in [-0.3, -0.25) is 0 Å². The fourth-order valence-corrected chi connectivity index (χ4v) is 4.17. The van der Waals surface area contributed by atoms with Crippen molar-refractivity contribution in [2.45, 2.75) is 25.3 Å². The Labute approximate surface area is 184 Å². The largest absolute Gasteiger partial charge is 0.497 e. The van der Waals surface area contributed by atoms with Crippen LogP contribution in [0.5, 0.6) is 5.75 Å². The van der Waals surface area contributed by atoms with E-state index in [1.807, 2.05) is 47.4 Å². The number of ether oxygens (including phenoxy) is 1. The van der Waals surface area contributed by atoms with Gasteiger partial charge in [-0.05, 0) is 48.1 Å². The number of urea groups is 1. The van der Waals surface area contributed by atoms with E-state index in [9.17, 15) is 4.79 Å². The Morgan fingerprint density at radius 2 is 1.87 bits per heavy atom. The molecule has 3 aromatic carbocycles. The number of benzene rings is 3. The number of nitrogens with zero attached hydrogens (tertiary/aromatic N) is 1. The van der Waals surface area contributed by atoms with Crippen molar-refractivity contribution in [3.8, 4) is 5.75 Å². The number of nitrogens with one attached hydrogen (secondary N) is 1. The molecule has 4 heteroatoms. The Kier molecular flexibility index (Phi) is 6.68. The third kappa shape index (κ3) is 5.15. The van der Waals surface area contributed by atoms with E-state index in [0.717, 1.165) is 36.3 Å². The van der Waals surface area contributed by atoms with Crippen LogP contribution in [-0.2, 0) is 6.42 Å². The lowest BCUT2D eigenvalue weighted by Gasteiger charge is -2.35. The van der Waals surface area contributed by atoms with Crippen molar-refractivity contribution in [3.63, 3.8) is 0 Å². The third-order valence-corrected chi connectivity index (χ3v) is 5.71. The number of fused-ring (bicyclic) bond motifs is 1. The number of methoxy groups -OCH3 is 1. The number of amides is 2. The zero-order valence-corrected chi connectivity index (χ0v) is 17.8. The molecule has 3 aromatic rings. The van der Waals surface area contributed by atoms with Gasteiger partial charge in [0.1, 0.15) is 5.75 Å². The number of hydrogen-bond acceptors (Lipinski definition) is 2. The van der Waals surface area contributed by atoms with E-state index < -0.39 is 0 Å². The molecule has 2 amide bonds. The summed E-state index contributed by atoms with van der Waals surface area (Å²) in [6.45, 7) is 0.531. The molecule has 0 unspecified atom stereocenters. The van der Waals surface area contributed by atoms with Crippen LogP contribution >= 0.6 is 0 Å². The summed E-state index contributed by atoms with van der Waals surface area (Å²) in [7, 11) is 1.63. The third-order valence-electron chi connectivity index (χ3n) is 5.71. The van der Waals surface area contributed by atoms with Crippen LogP contribution in [0.3, 0.4) is 0 Å². The molecule has 0 radical (unpaired) electrons. The van der Waals surface area contributed by atoms with Crippen molar-refractivity contribution in [3.05, 3.63) is 102 Å². The van der Waals surface area contributed by atoms with Gasteiger partial charge >= 0.3 is 6.03 Å². The molecule has 0 aliphatic heterocycles. The van der Waals surface area contributed by atoms with Gasteiger partial charge in [0.25, 0.3) is 0 Å². The summed E-state index contributed by atoms with van der Waals surface area (Å²) in [6, 6.07) is 26.1. The van der Waals surface area contributed by atoms with Gasteiger partial charge in [-0.2, -0.15) is 0 Å². The summed E-state index contributed by atoms with van der Waals surface area (Å²) in [6.07, 6.45) is 7.24. The second-order valence-electron chi connectivity index (χ2n) is 7.73. The first-order chi connectivity index (χ1) is 15.2. The van der Waals surface area contributed by atoms with Crippen molar-refractivity contribution >= 4 is 17.8 Å². The lowest BCUT2D eigenvalue weighted by Crippen LogP contribution is -2.39. The van der Waals surface area contributed by atoms with Crippen LogP contribution < -0.4 is 10.1 Å². The standard InChI is InChI=1S/C27H28N2O2/c1-31-24-16-8-15-23(20-24)28-27(30)29(19-9-12-21-10-3-2-4-11-21)26-18-7-14-22-13-5-6-17-25(22)26/h2-6,8-13,15-17,20,26H,7,14,18-19H2,1H3,(H,28,30)/b12-9+/t26-/m1/s1. The van der Waals surface area contributed by atoms with Crippen LogP contribution in [0.1, 0.15) is 35.6 Å². The molecule has 0 aromatic heterocycles. The zero-order valence-electron chi connectivity index (χ0n) is 17.8. The van der Waals surface area contributed by atoms with Crippen molar-refractivity contribution < 1.29 is 9.53 Å². The van der Waals surface area contributed by atoms with Gasteiger partial charge in [-0.1, -0.05) is 72.8 Å². The first-order valence-electron chi connectivity index (χ1n) is 10.8. The molecule has 1 N–H and O–H groups in total. The summed E-state index contributed by atoms with van der Waals surface area (Å²) in [5.41, 5.74) is 4.44. The summed E-state index contributed by atoms with van der Waals surface area (Å²) < 4.78 is 5.30. The quantitative estimate of drug-likeness (QED) is 0.515. The predicted octanol–water partition coefficient (Wildman–Crippen LogP) is 6.32. The molecule has 1 aliphatic rings. The average molecular weight is 413 g/mol. The Hall–Kier alpha value is -3.53. The molecular weight excluding hydrogens is 384 g/mol. The molecule has 0 saturated heterocycles. The number of carbonyl (C=O) groups is 1. The summed E-state index contributed by atoms with van der Waals surface area (Å²) in [5, 5.41) is 3.07. The van der Waals surface area contributed by atoms with Gasteiger partial charge in [0.2, 0.25) is 0 Å². The predicted molar refractivity (Wildman–Crippen MR) is 126 cm³/mol.